The number of carbonyl (C=O) groups is 1. The Labute approximate surface area is 116 Å². The van der Waals surface area contributed by atoms with E-state index in [1.54, 1.807) is 13.1 Å². The number of thiazole rings is 1. The van der Waals surface area contributed by atoms with E-state index in [4.69, 9.17) is 4.74 Å². The number of aromatic nitrogens is 1. The maximum Gasteiger partial charge on any atom is 0.171 e. The minimum absolute atomic E-state index is 0.0533. The number of hydrogen-bond acceptors (Lipinski definition) is 4. The fraction of sp³-hybridized carbons (Fsp3) is 0.333. The van der Waals surface area contributed by atoms with Gasteiger partial charge in [-0.25, -0.2) is 4.98 Å². The zero-order chi connectivity index (χ0) is 13.6. The van der Waals surface area contributed by atoms with Crippen molar-refractivity contribution in [3.63, 3.8) is 0 Å². The van der Waals surface area contributed by atoms with Crippen molar-refractivity contribution in [1.82, 2.24) is 4.98 Å². The number of ketones is 1. The van der Waals surface area contributed by atoms with Gasteiger partial charge in [-0.05, 0) is 25.5 Å². The molecule has 1 aliphatic heterocycles. The van der Waals surface area contributed by atoms with Crippen LogP contribution in [0.5, 0.6) is 5.75 Å². The third-order valence-electron chi connectivity index (χ3n) is 3.17. The van der Waals surface area contributed by atoms with Gasteiger partial charge in [0.2, 0.25) is 0 Å². The molecule has 0 radical (unpaired) electrons. The van der Waals surface area contributed by atoms with Crippen LogP contribution in [0.4, 0.5) is 0 Å². The molecule has 1 aliphatic rings. The standard InChI is InChI=1S/C15H15NO2S/c1-9(17)12-8-16-14(19-12)11-6-4-5-10-7-15(2,3)18-13(10)11/h4-6,8H,7H2,1-3H3. The highest BCUT2D eigenvalue weighted by Crippen LogP contribution is 2.43. The van der Waals surface area contributed by atoms with Crippen molar-refractivity contribution in [3.8, 4) is 16.3 Å². The number of Topliss-reactive ketones (excluding diaryl/α,β-unsaturated/α-hetero) is 1. The summed E-state index contributed by atoms with van der Waals surface area (Å²) in [6, 6.07) is 6.11. The van der Waals surface area contributed by atoms with Crippen LogP contribution < -0.4 is 4.74 Å². The summed E-state index contributed by atoms with van der Waals surface area (Å²) in [5, 5.41) is 0.847. The van der Waals surface area contributed by atoms with E-state index in [0.29, 0.717) is 4.88 Å². The lowest BCUT2D eigenvalue weighted by atomic mass is 10.0. The van der Waals surface area contributed by atoms with E-state index in [-0.39, 0.29) is 11.4 Å². The van der Waals surface area contributed by atoms with Gasteiger partial charge in [-0.1, -0.05) is 12.1 Å². The monoisotopic (exact) mass is 273 g/mol. The molecule has 3 rings (SSSR count). The van der Waals surface area contributed by atoms with Gasteiger partial charge >= 0.3 is 0 Å². The van der Waals surface area contributed by atoms with Crippen molar-refractivity contribution < 1.29 is 9.53 Å². The zero-order valence-electron chi connectivity index (χ0n) is 11.2. The van der Waals surface area contributed by atoms with Crippen LogP contribution in [0.3, 0.4) is 0 Å². The number of nitrogens with zero attached hydrogens (tertiary/aromatic N) is 1. The molecule has 1 aromatic heterocycles. The Balaban J connectivity index is 2.07. The molecule has 0 aliphatic carbocycles. The first-order valence-corrected chi connectivity index (χ1v) is 7.06. The minimum atomic E-state index is -0.168. The van der Waals surface area contributed by atoms with Gasteiger partial charge in [-0.2, -0.15) is 0 Å². The van der Waals surface area contributed by atoms with Gasteiger partial charge in [-0.3, -0.25) is 4.79 Å². The van der Waals surface area contributed by atoms with Crippen LogP contribution in [0.1, 0.15) is 36.0 Å². The van der Waals surface area contributed by atoms with Crippen molar-refractivity contribution >= 4 is 17.1 Å². The lowest BCUT2D eigenvalue weighted by Crippen LogP contribution is -2.24. The van der Waals surface area contributed by atoms with E-state index in [2.05, 4.69) is 24.9 Å². The Morgan fingerprint density at radius 3 is 2.89 bits per heavy atom. The molecular formula is C15H15NO2S. The van der Waals surface area contributed by atoms with E-state index < -0.39 is 0 Å². The van der Waals surface area contributed by atoms with Crippen LogP contribution in [0.2, 0.25) is 0 Å². The second-order valence-corrected chi connectivity index (χ2v) is 6.45. The maximum absolute atomic E-state index is 11.4. The van der Waals surface area contributed by atoms with Crippen molar-refractivity contribution in [1.29, 1.82) is 0 Å². The van der Waals surface area contributed by atoms with Gasteiger partial charge in [-0.15, -0.1) is 11.3 Å². The Kier molecular flexibility index (Phi) is 2.71. The summed E-state index contributed by atoms with van der Waals surface area (Å²) in [5.41, 5.74) is 2.03. The number of rotatable bonds is 2. The van der Waals surface area contributed by atoms with Crippen molar-refractivity contribution in [2.24, 2.45) is 0 Å². The molecule has 0 unspecified atom stereocenters. The second-order valence-electron chi connectivity index (χ2n) is 5.42. The van der Waals surface area contributed by atoms with Crippen LogP contribution in [-0.2, 0) is 6.42 Å². The molecule has 0 saturated carbocycles. The normalized spacial score (nSPS) is 15.9. The summed E-state index contributed by atoms with van der Waals surface area (Å²) in [6.45, 7) is 5.73. The third-order valence-corrected chi connectivity index (χ3v) is 4.31. The van der Waals surface area contributed by atoms with Gasteiger partial charge < -0.3 is 4.74 Å². The molecule has 19 heavy (non-hydrogen) atoms. The Morgan fingerprint density at radius 2 is 2.21 bits per heavy atom. The molecule has 0 bridgehead atoms. The maximum atomic E-state index is 11.4. The number of carbonyl (C=O) groups excluding carboxylic acids is 1. The summed E-state index contributed by atoms with van der Waals surface area (Å²) in [7, 11) is 0. The lowest BCUT2D eigenvalue weighted by molar-refractivity contribution is 0.102. The Morgan fingerprint density at radius 1 is 1.42 bits per heavy atom. The predicted molar refractivity (Wildman–Crippen MR) is 76.0 cm³/mol. The molecule has 4 heteroatoms. The zero-order valence-corrected chi connectivity index (χ0v) is 12.0. The van der Waals surface area contributed by atoms with Crippen LogP contribution in [0, 0.1) is 0 Å². The van der Waals surface area contributed by atoms with E-state index in [9.17, 15) is 4.79 Å². The first-order valence-electron chi connectivity index (χ1n) is 6.24. The smallest absolute Gasteiger partial charge is 0.171 e. The van der Waals surface area contributed by atoms with Gasteiger partial charge in [0, 0.05) is 19.5 Å². The van der Waals surface area contributed by atoms with Crippen LogP contribution in [0.15, 0.2) is 24.4 Å². The molecule has 1 aromatic carbocycles. The van der Waals surface area contributed by atoms with Gasteiger partial charge in [0.25, 0.3) is 0 Å². The van der Waals surface area contributed by atoms with Crippen molar-refractivity contribution in [2.75, 3.05) is 0 Å². The van der Waals surface area contributed by atoms with Crippen LogP contribution >= 0.6 is 11.3 Å². The SMILES string of the molecule is CC(=O)c1cnc(-c2cccc3c2OC(C)(C)C3)s1. The fourth-order valence-electron chi connectivity index (χ4n) is 2.35. The highest BCUT2D eigenvalue weighted by atomic mass is 32.1. The van der Waals surface area contributed by atoms with E-state index in [1.165, 1.54) is 16.9 Å². The van der Waals surface area contributed by atoms with E-state index in [0.717, 1.165) is 22.7 Å². The number of fused-ring (bicyclic) bond motifs is 1. The van der Waals surface area contributed by atoms with E-state index >= 15 is 0 Å². The number of hydrogen-bond donors (Lipinski definition) is 0. The number of ether oxygens (including phenoxy) is 1. The molecular weight excluding hydrogens is 258 g/mol. The average molecular weight is 273 g/mol. The van der Waals surface area contributed by atoms with Crippen molar-refractivity contribution in [2.45, 2.75) is 32.8 Å². The highest BCUT2D eigenvalue weighted by molar-refractivity contribution is 7.17. The number of para-hydroxylation sites is 1. The molecule has 0 atom stereocenters. The quantitative estimate of drug-likeness (QED) is 0.783. The van der Waals surface area contributed by atoms with Crippen LogP contribution in [0.25, 0.3) is 10.6 Å². The van der Waals surface area contributed by atoms with Gasteiger partial charge in [0.05, 0.1) is 10.4 Å². The van der Waals surface area contributed by atoms with Gasteiger partial charge in [0.15, 0.2) is 5.78 Å². The molecule has 2 aromatic rings. The molecule has 3 nitrogen and oxygen atoms in total. The summed E-state index contributed by atoms with van der Waals surface area (Å²) >= 11 is 1.42. The Hall–Kier alpha value is -1.68. The second kappa shape index (κ2) is 4.17. The van der Waals surface area contributed by atoms with Gasteiger partial charge in [0.1, 0.15) is 16.4 Å². The molecule has 2 heterocycles. The molecule has 0 saturated heterocycles. The topological polar surface area (TPSA) is 39.2 Å². The first kappa shape index (κ1) is 12.4. The highest BCUT2D eigenvalue weighted by Gasteiger charge is 2.32. The molecule has 0 fully saturated rings. The number of benzene rings is 1. The van der Waals surface area contributed by atoms with Crippen LogP contribution in [-0.4, -0.2) is 16.4 Å². The predicted octanol–water partition coefficient (Wildman–Crippen LogP) is 3.73. The summed E-state index contributed by atoms with van der Waals surface area (Å²) in [4.78, 5) is 16.4. The molecule has 98 valence electrons. The molecule has 0 amide bonds. The molecule has 0 N–H and O–H groups in total. The first-order chi connectivity index (χ1) is 8.96. The van der Waals surface area contributed by atoms with E-state index in [1.807, 2.05) is 12.1 Å². The minimum Gasteiger partial charge on any atom is -0.486 e. The summed E-state index contributed by atoms with van der Waals surface area (Å²) in [6.07, 6.45) is 2.54. The van der Waals surface area contributed by atoms with Crippen molar-refractivity contribution in [3.05, 3.63) is 34.8 Å². The lowest BCUT2D eigenvalue weighted by Gasteiger charge is -2.17. The summed E-state index contributed by atoms with van der Waals surface area (Å²) in [5.74, 6) is 0.967. The average Bonchev–Trinajstić information content (AvgIpc) is 2.90. The Bertz CT molecular complexity index is 658. The fourth-order valence-corrected chi connectivity index (χ4v) is 3.18. The third kappa shape index (κ3) is 2.16. The molecule has 0 spiro atoms. The summed E-state index contributed by atoms with van der Waals surface area (Å²) < 4.78 is 6.03. The largest absolute Gasteiger partial charge is 0.486 e.